The van der Waals surface area contributed by atoms with Gasteiger partial charge in [0.1, 0.15) is 0 Å². The molecule has 134 valence electrons. The summed E-state index contributed by atoms with van der Waals surface area (Å²) in [6.45, 7) is 2.04. The van der Waals surface area contributed by atoms with Crippen molar-refractivity contribution in [2.45, 2.75) is 51.5 Å². The lowest BCUT2D eigenvalue weighted by atomic mass is 10.0. The van der Waals surface area contributed by atoms with E-state index in [-0.39, 0.29) is 18.7 Å². The van der Waals surface area contributed by atoms with Crippen LogP contribution in [-0.4, -0.2) is 27.1 Å². The molecule has 0 aliphatic carbocycles. The Morgan fingerprint density at radius 2 is 2.00 bits per heavy atom. The van der Waals surface area contributed by atoms with Gasteiger partial charge in [0, 0.05) is 19.3 Å². The lowest BCUT2D eigenvalue weighted by Crippen LogP contribution is -2.30. The van der Waals surface area contributed by atoms with Crippen molar-refractivity contribution in [3.05, 3.63) is 47.6 Å². The molecule has 0 aliphatic heterocycles. The zero-order chi connectivity index (χ0) is 18.1. The second kappa shape index (κ2) is 9.56. The smallest absolute Gasteiger partial charge is 0.305 e. The van der Waals surface area contributed by atoms with Gasteiger partial charge in [0.05, 0.1) is 12.5 Å². The van der Waals surface area contributed by atoms with Gasteiger partial charge in [0.2, 0.25) is 11.8 Å². The molecule has 0 saturated carbocycles. The van der Waals surface area contributed by atoms with Crippen molar-refractivity contribution in [1.29, 1.82) is 0 Å². The number of benzene rings is 1. The van der Waals surface area contributed by atoms with Crippen LogP contribution in [0.4, 0.5) is 0 Å². The Kier molecular flexibility index (Phi) is 7.13. The zero-order valence-corrected chi connectivity index (χ0v) is 14.3. The number of hydrogen-bond acceptors (Lipinski definition) is 5. The number of aliphatic carboxylic acids is 1. The SMILES string of the molecule is CCCc1noc(CCCC(=O)NC(CC(=O)O)c2ccccc2)n1. The monoisotopic (exact) mass is 345 g/mol. The van der Waals surface area contributed by atoms with Crippen LogP contribution in [0, 0.1) is 0 Å². The van der Waals surface area contributed by atoms with Gasteiger partial charge in [-0.25, -0.2) is 0 Å². The van der Waals surface area contributed by atoms with Gasteiger partial charge in [-0.1, -0.05) is 42.4 Å². The van der Waals surface area contributed by atoms with Crippen LogP contribution >= 0.6 is 0 Å². The molecule has 7 nitrogen and oxygen atoms in total. The van der Waals surface area contributed by atoms with E-state index in [1.807, 2.05) is 37.3 Å². The topological polar surface area (TPSA) is 105 Å². The summed E-state index contributed by atoms with van der Waals surface area (Å²) in [6, 6.07) is 8.56. The van der Waals surface area contributed by atoms with E-state index in [1.165, 1.54) is 0 Å². The number of hydrogen-bond donors (Lipinski definition) is 2. The second-order valence-corrected chi connectivity index (χ2v) is 5.84. The van der Waals surface area contributed by atoms with Gasteiger partial charge in [-0.15, -0.1) is 0 Å². The molecule has 0 aliphatic rings. The number of rotatable bonds is 10. The second-order valence-electron chi connectivity index (χ2n) is 5.84. The van der Waals surface area contributed by atoms with Gasteiger partial charge in [0.15, 0.2) is 5.82 Å². The summed E-state index contributed by atoms with van der Waals surface area (Å²) in [5, 5.41) is 15.7. The molecule has 0 radical (unpaired) electrons. The molecular weight excluding hydrogens is 322 g/mol. The van der Waals surface area contributed by atoms with Crippen molar-refractivity contribution in [2.24, 2.45) is 0 Å². The fourth-order valence-corrected chi connectivity index (χ4v) is 2.50. The number of aryl methyl sites for hydroxylation is 2. The van der Waals surface area contributed by atoms with E-state index in [1.54, 1.807) is 0 Å². The van der Waals surface area contributed by atoms with Crippen molar-refractivity contribution >= 4 is 11.9 Å². The lowest BCUT2D eigenvalue weighted by molar-refractivity contribution is -0.137. The third-order valence-electron chi connectivity index (χ3n) is 3.69. The number of carbonyl (C=O) groups is 2. The maximum Gasteiger partial charge on any atom is 0.305 e. The van der Waals surface area contributed by atoms with Crippen molar-refractivity contribution in [1.82, 2.24) is 15.5 Å². The highest BCUT2D eigenvalue weighted by Gasteiger charge is 2.18. The Morgan fingerprint density at radius 1 is 1.24 bits per heavy atom. The van der Waals surface area contributed by atoms with E-state index in [0.717, 1.165) is 18.4 Å². The van der Waals surface area contributed by atoms with E-state index in [2.05, 4.69) is 15.5 Å². The van der Waals surface area contributed by atoms with Crippen molar-refractivity contribution in [2.75, 3.05) is 0 Å². The highest BCUT2D eigenvalue weighted by molar-refractivity contribution is 5.77. The summed E-state index contributed by atoms with van der Waals surface area (Å²) in [4.78, 5) is 27.4. The van der Waals surface area contributed by atoms with Crippen LogP contribution in [0.2, 0.25) is 0 Å². The molecule has 2 N–H and O–H groups in total. The number of amides is 1. The van der Waals surface area contributed by atoms with Crippen LogP contribution in [0.1, 0.15) is 55.9 Å². The Balaban J connectivity index is 1.83. The first-order valence-electron chi connectivity index (χ1n) is 8.46. The number of nitrogens with zero attached hydrogens (tertiary/aromatic N) is 2. The van der Waals surface area contributed by atoms with Gasteiger partial charge in [-0.2, -0.15) is 4.98 Å². The van der Waals surface area contributed by atoms with Gasteiger partial charge < -0.3 is 14.9 Å². The third-order valence-corrected chi connectivity index (χ3v) is 3.69. The quantitative estimate of drug-likeness (QED) is 0.686. The summed E-state index contributed by atoms with van der Waals surface area (Å²) >= 11 is 0. The minimum atomic E-state index is -0.955. The van der Waals surface area contributed by atoms with E-state index in [4.69, 9.17) is 9.63 Å². The molecule has 1 heterocycles. The fourth-order valence-electron chi connectivity index (χ4n) is 2.50. The molecular formula is C18H23N3O4. The predicted octanol–water partition coefficient (Wildman–Crippen LogP) is 2.68. The first kappa shape index (κ1) is 18.6. The standard InChI is InChI=1S/C18H23N3O4/c1-2-7-15-20-17(25-21-15)11-6-10-16(22)19-14(12-18(23)24)13-8-4-3-5-9-13/h3-5,8-9,14H,2,6-7,10-12H2,1H3,(H,19,22)(H,23,24). The molecule has 0 fully saturated rings. The van der Waals surface area contributed by atoms with Crippen molar-refractivity contribution in [3.8, 4) is 0 Å². The average Bonchev–Trinajstić information content (AvgIpc) is 3.02. The summed E-state index contributed by atoms with van der Waals surface area (Å²) < 4.78 is 5.13. The molecule has 2 rings (SSSR count). The van der Waals surface area contributed by atoms with Gasteiger partial charge in [-0.3, -0.25) is 9.59 Å². The number of nitrogens with one attached hydrogen (secondary N) is 1. The largest absolute Gasteiger partial charge is 0.481 e. The summed E-state index contributed by atoms with van der Waals surface area (Å²) in [6.07, 6.45) is 2.94. The zero-order valence-electron chi connectivity index (χ0n) is 14.3. The van der Waals surface area contributed by atoms with E-state index in [0.29, 0.717) is 24.6 Å². The number of aromatic nitrogens is 2. The van der Waals surface area contributed by atoms with Crippen LogP contribution in [0.25, 0.3) is 0 Å². The van der Waals surface area contributed by atoms with Crippen LogP contribution in [-0.2, 0) is 22.4 Å². The maximum atomic E-state index is 12.1. The first-order valence-corrected chi connectivity index (χ1v) is 8.46. The fraction of sp³-hybridized carbons (Fsp3) is 0.444. The highest BCUT2D eigenvalue weighted by Crippen LogP contribution is 2.17. The Hall–Kier alpha value is -2.70. The van der Waals surface area contributed by atoms with Crippen molar-refractivity contribution < 1.29 is 19.2 Å². The summed E-state index contributed by atoms with van der Waals surface area (Å²) in [5.74, 6) is 0.0702. The van der Waals surface area contributed by atoms with Crippen LogP contribution in [0.5, 0.6) is 0 Å². The molecule has 1 aromatic heterocycles. The average molecular weight is 345 g/mol. The molecule has 7 heteroatoms. The first-order chi connectivity index (χ1) is 12.1. The lowest BCUT2D eigenvalue weighted by Gasteiger charge is -2.17. The van der Waals surface area contributed by atoms with Crippen LogP contribution in [0.15, 0.2) is 34.9 Å². The number of carboxylic acid groups (broad SMARTS) is 1. The van der Waals surface area contributed by atoms with Crippen LogP contribution < -0.4 is 5.32 Å². The van der Waals surface area contributed by atoms with Crippen molar-refractivity contribution in [3.63, 3.8) is 0 Å². The van der Waals surface area contributed by atoms with Gasteiger partial charge in [0.25, 0.3) is 0 Å². The number of carboxylic acids is 1. The van der Waals surface area contributed by atoms with Gasteiger partial charge in [-0.05, 0) is 18.4 Å². The third kappa shape index (κ3) is 6.37. The molecule has 1 amide bonds. The predicted molar refractivity (Wildman–Crippen MR) is 90.8 cm³/mol. The molecule has 0 spiro atoms. The van der Waals surface area contributed by atoms with Gasteiger partial charge >= 0.3 is 5.97 Å². The molecule has 0 bridgehead atoms. The molecule has 25 heavy (non-hydrogen) atoms. The Labute approximate surface area is 146 Å². The minimum absolute atomic E-state index is 0.153. The maximum absolute atomic E-state index is 12.1. The Bertz CT molecular complexity index is 685. The molecule has 2 aromatic rings. The highest BCUT2D eigenvalue weighted by atomic mass is 16.5. The van der Waals surface area contributed by atoms with E-state index in [9.17, 15) is 9.59 Å². The molecule has 1 unspecified atom stereocenters. The molecule has 1 atom stereocenters. The normalized spacial score (nSPS) is 11.9. The number of carbonyl (C=O) groups excluding carboxylic acids is 1. The molecule has 1 aromatic carbocycles. The summed E-state index contributed by atoms with van der Waals surface area (Å²) in [7, 11) is 0. The van der Waals surface area contributed by atoms with E-state index >= 15 is 0 Å². The van der Waals surface area contributed by atoms with Crippen LogP contribution in [0.3, 0.4) is 0 Å². The van der Waals surface area contributed by atoms with E-state index < -0.39 is 12.0 Å². The summed E-state index contributed by atoms with van der Waals surface area (Å²) in [5.41, 5.74) is 0.777. The minimum Gasteiger partial charge on any atom is -0.481 e. The Morgan fingerprint density at radius 3 is 2.68 bits per heavy atom. The molecule has 0 saturated heterocycles.